The SMILES string of the molecule is Cc1ccc(N)cc1OCCOc1ccc(F)cc1. The summed E-state index contributed by atoms with van der Waals surface area (Å²) in [6, 6.07) is 11.4. The fourth-order valence-corrected chi connectivity index (χ4v) is 1.61. The molecular formula is C15H16FNO2. The first-order valence-corrected chi connectivity index (χ1v) is 6.02. The standard InChI is InChI=1S/C15H16FNO2/c1-11-2-5-13(17)10-15(11)19-9-8-18-14-6-3-12(16)4-7-14/h2-7,10H,8-9,17H2,1H3. The summed E-state index contributed by atoms with van der Waals surface area (Å²) in [5, 5.41) is 0. The van der Waals surface area contributed by atoms with Crippen LogP contribution in [0, 0.1) is 12.7 Å². The molecule has 0 fully saturated rings. The molecule has 0 aliphatic carbocycles. The average molecular weight is 261 g/mol. The van der Waals surface area contributed by atoms with Gasteiger partial charge < -0.3 is 15.2 Å². The van der Waals surface area contributed by atoms with Crippen molar-refractivity contribution in [3.63, 3.8) is 0 Å². The Bertz CT molecular complexity index is 540. The zero-order valence-electron chi connectivity index (χ0n) is 10.7. The molecule has 0 radical (unpaired) electrons. The smallest absolute Gasteiger partial charge is 0.124 e. The number of ether oxygens (including phenoxy) is 2. The van der Waals surface area contributed by atoms with Crippen LogP contribution in [0.2, 0.25) is 0 Å². The van der Waals surface area contributed by atoms with Gasteiger partial charge in [0.2, 0.25) is 0 Å². The number of nitrogen functional groups attached to an aromatic ring is 1. The number of hydrogen-bond donors (Lipinski definition) is 1. The fraction of sp³-hybridized carbons (Fsp3) is 0.200. The minimum atomic E-state index is -0.279. The van der Waals surface area contributed by atoms with Crippen LogP contribution in [0.15, 0.2) is 42.5 Å². The summed E-state index contributed by atoms with van der Waals surface area (Å²) in [5.41, 5.74) is 7.38. The van der Waals surface area contributed by atoms with E-state index in [2.05, 4.69) is 0 Å². The maximum atomic E-state index is 12.7. The molecular weight excluding hydrogens is 245 g/mol. The van der Waals surface area contributed by atoms with Crippen molar-refractivity contribution in [2.24, 2.45) is 0 Å². The van der Waals surface area contributed by atoms with Crippen molar-refractivity contribution in [2.45, 2.75) is 6.92 Å². The molecule has 2 aromatic rings. The summed E-state index contributed by atoms with van der Waals surface area (Å²) in [6.45, 7) is 2.75. The molecule has 3 nitrogen and oxygen atoms in total. The molecule has 2 aromatic carbocycles. The van der Waals surface area contributed by atoms with E-state index in [1.807, 2.05) is 19.1 Å². The van der Waals surface area contributed by atoms with Gasteiger partial charge >= 0.3 is 0 Å². The summed E-state index contributed by atoms with van der Waals surface area (Å²) in [6.07, 6.45) is 0. The van der Waals surface area contributed by atoms with Crippen molar-refractivity contribution < 1.29 is 13.9 Å². The van der Waals surface area contributed by atoms with Crippen molar-refractivity contribution in [1.82, 2.24) is 0 Å². The summed E-state index contributed by atoms with van der Waals surface area (Å²) in [4.78, 5) is 0. The van der Waals surface area contributed by atoms with Crippen molar-refractivity contribution in [1.29, 1.82) is 0 Å². The monoisotopic (exact) mass is 261 g/mol. The lowest BCUT2D eigenvalue weighted by molar-refractivity contribution is 0.216. The molecule has 19 heavy (non-hydrogen) atoms. The van der Waals surface area contributed by atoms with Gasteiger partial charge in [-0.1, -0.05) is 6.07 Å². The highest BCUT2D eigenvalue weighted by Gasteiger charge is 2.00. The lowest BCUT2D eigenvalue weighted by atomic mass is 10.2. The predicted molar refractivity (Wildman–Crippen MR) is 73.0 cm³/mol. The molecule has 0 atom stereocenters. The molecule has 2 rings (SSSR count). The maximum Gasteiger partial charge on any atom is 0.124 e. The zero-order valence-corrected chi connectivity index (χ0v) is 10.7. The van der Waals surface area contributed by atoms with Crippen LogP contribution in [0.5, 0.6) is 11.5 Å². The van der Waals surface area contributed by atoms with Gasteiger partial charge in [-0.15, -0.1) is 0 Å². The number of rotatable bonds is 5. The van der Waals surface area contributed by atoms with E-state index < -0.39 is 0 Å². The fourth-order valence-electron chi connectivity index (χ4n) is 1.61. The number of nitrogens with two attached hydrogens (primary N) is 1. The van der Waals surface area contributed by atoms with E-state index in [1.165, 1.54) is 12.1 Å². The Labute approximate surface area is 111 Å². The Hall–Kier alpha value is -2.23. The molecule has 2 N–H and O–H groups in total. The van der Waals surface area contributed by atoms with Gasteiger partial charge in [0.25, 0.3) is 0 Å². The lowest BCUT2D eigenvalue weighted by Crippen LogP contribution is -2.09. The van der Waals surface area contributed by atoms with Crippen molar-refractivity contribution in [2.75, 3.05) is 18.9 Å². The van der Waals surface area contributed by atoms with Crippen LogP contribution in [0.3, 0.4) is 0 Å². The summed E-state index contributed by atoms with van der Waals surface area (Å²) >= 11 is 0. The Morgan fingerprint density at radius 3 is 2.42 bits per heavy atom. The highest BCUT2D eigenvalue weighted by atomic mass is 19.1. The molecule has 0 saturated carbocycles. The highest BCUT2D eigenvalue weighted by Crippen LogP contribution is 2.20. The molecule has 4 heteroatoms. The second-order valence-corrected chi connectivity index (χ2v) is 4.18. The van der Waals surface area contributed by atoms with Gasteiger partial charge in [-0.2, -0.15) is 0 Å². The number of hydrogen-bond acceptors (Lipinski definition) is 3. The minimum absolute atomic E-state index is 0.279. The average Bonchev–Trinajstić information content (AvgIpc) is 2.40. The minimum Gasteiger partial charge on any atom is -0.490 e. The second kappa shape index (κ2) is 6.09. The van der Waals surface area contributed by atoms with E-state index >= 15 is 0 Å². The Morgan fingerprint density at radius 1 is 1.00 bits per heavy atom. The Morgan fingerprint density at radius 2 is 1.68 bits per heavy atom. The first-order valence-electron chi connectivity index (χ1n) is 6.02. The third kappa shape index (κ3) is 3.88. The number of aryl methyl sites for hydroxylation is 1. The van der Waals surface area contributed by atoms with Crippen molar-refractivity contribution in [3.8, 4) is 11.5 Å². The number of benzene rings is 2. The van der Waals surface area contributed by atoms with E-state index in [9.17, 15) is 4.39 Å². The van der Waals surface area contributed by atoms with Crippen LogP contribution in [0.1, 0.15) is 5.56 Å². The van der Waals surface area contributed by atoms with Gasteiger partial charge in [0.05, 0.1) is 0 Å². The molecule has 100 valence electrons. The topological polar surface area (TPSA) is 44.5 Å². The molecule has 0 aromatic heterocycles. The molecule has 0 aliphatic heterocycles. The summed E-state index contributed by atoms with van der Waals surface area (Å²) in [7, 11) is 0. The molecule has 0 saturated heterocycles. The van der Waals surface area contributed by atoms with E-state index in [4.69, 9.17) is 15.2 Å². The second-order valence-electron chi connectivity index (χ2n) is 4.18. The van der Waals surface area contributed by atoms with Crippen molar-refractivity contribution >= 4 is 5.69 Å². The van der Waals surface area contributed by atoms with Gasteiger partial charge in [-0.25, -0.2) is 4.39 Å². The number of halogens is 1. The Balaban J connectivity index is 1.80. The van der Waals surface area contributed by atoms with Crippen molar-refractivity contribution in [3.05, 3.63) is 53.8 Å². The summed E-state index contributed by atoms with van der Waals surface area (Å²) < 4.78 is 23.7. The molecule has 0 unspecified atom stereocenters. The van der Waals surface area contributed by atoms with Crippen LogP contribution < -0.4 is 15.2 Å². The maximum absolute atomic E-state index is 12.7. The van der Waals surface area contributed by atoms with Crippen LogP contribution in [-0.2, 0) is 0 Å². The normalized spacial score (nSPS) is 10.2. The van der Waals surface area contributed by atoms with E-state index in [0.29, 0.717) is 24.7 Å². The molecule has 0 amide bonds. The lowest BCUT2D eigenvalue weighted by Gasteiger charge is -2.10. The zero-order chi connectivity index (χ0) is 13.7. The van der Waals surface area contributed by atoms with Gasteiger partial charge in [0.1, 0.15) is 30.5 Å². The predicted octanol–water partition coefficient (Wildman–Crippen LogP) is 3.17. The van der Waals surface area contributed by atoms with Gasteiger partial charge in [0.15, 0.2) is 0 Å². The van der Waals surface area contributed by atoms with Gasteiger partial charge in [-0.05, 0) is 42.8 Å². The molecule has 0 heterocycles. The quantitative estimate of drug-likeness (QED) is 0.664. The molecule has 0 aliphatic rings. The van der Waals surface area contributed by atoms with E-state index in [-0.39, 0.29) is 5.82 Å². The summed E-state index contributed by atoms with van der Waals surface area (Å²) in [5.74, 6) is 1.09. The van der Waals surface area contributed by atoms with Crippen LogP contribution in [0.4, 0.5) is 10.1 Å². The van der Waals surface area contributed by atoms with Crippen LogP contribution in [-0.4, -0.2) is 13.2 Å². The van der Waals surface area contributed by atoms with E-state index in [1.54, 1.807) is 18.2 Å². The van der Waals surface area contributed by atoms with Crippen LogP contribution in [0.25, 0.3) is 0 Å². The Kier molecular flexibility index (Phi) is 4.23. The van der Waals surface area contributed by atoms with Gasteiger partial charge in [0, 0.05) is 11.8 Å². The number of anilines is 1. The molecule has 0 bridgehead atoms. The van der Waals surface area contributed by atoms with Gasteiger partial charge in [-0.3, -0.25) is 0 Å². The third-order valence-corrected chi connectivity index (χ3v) is 2.64. The molecule has 0 spiro atoms. The third-order valence-electron chi connectivity index (χ3n) is 2.64. The first kappa shape index (κ1) is 13.2. The highest BCUT2D eigenvalue weighted by molar-refractivity contribution is 5.47. The van der Waals surface area contributed by atoms with E-state index in [0.717, 1.165) is 11.3 Å². The largest absolute Gasteiger partial charge is 0.490 e. The first-order chi connectivity index (χ1) is 9.15. The van der Waals surface area contributed by atoms with Crippen LogP contribution >= 0.6 is 0 Å².